The van der Waals surface area contributed by atoms with Gasteiger partial charge in [-0.25, -0.2) is 18.0 Å². The van der Waals surface area contributed by atoms with E-state index in [0.29, 0.717) is 37.5 Å². The third-order valence-corrected chi connectivity index (χ3v) is 8.88. The first kappa shape index (κ1) is 28.0. The molecule has 0 aliphatic rings. The Morgan fingerprint density at radius 2 is 1.39 bits per heavy atom. The molecule has 0 aliphatic heterocycles. The highest BCUT2D eigenvalue weighted by Gasteiger charge is 2.24. The molecule has 0 fully saturated rings. The maximum atomic E-state index is 13.6. The molecule has 0 saturated carbocycles. The molecule has 0 bridgehead atoms. The lowest BCUT2D eigenvalue weighted by Crippen LogP contribution is -2.28. The molecule has 2 N–H and O–H groups in total. The van der Waals surface area contributed by atoms with Crippen LogP contribution >= 0.6 is 15.9 Å². The summed E-state index contributed by atoms with van der Waals surface area (Å²) in [6, 6.07) is 25.6. The summed E-state index contributed by atoms with van der Waals surface area (Å²) in [6.45, 7) is -0.0940. The minimum atomic E-state index is -3.76. The van der Waals surface area contributed by atoms with Crippen LogP contribution in [0.1, 0.15) is 32.0 Å². The van der Waals surface area contributed by atoms with E-state index in [1.807, 2.05) is 6.07 Å². The lowest BCUT2D eigenvalue weighted by molar-refractivity contribution is 0.0679. The number of fused-ring (bicyclic) bond motifs is 1. The summed E-state index contributed by atoms with van der Waals surface area (Å²) in [4.78, 5) is 37.3. The third kappa shape index (κ3) is 5.70. The summed E-state index contributed by atoms with van der Waals surface area (Å²) in [5.41, 5.74) is 1.42. The molecular formula is C31H22BrNO7S. The topological polar surface area (TPSA) is 131 Å². The summed E-state index contributed by atoms with van der Waals surface area (Å²) in [5.74, 6) is -2.69. The van der Waals surface area contributed by atoms with Crippen LogP contribution in [-0.4, -0.2) is 35.1 Å². The number of carboxylic acids is 2. The van der Waals surface area contributed by atoms with Gasteiger partial charge in [0.2, 0.25) is 0 Å². The van der Waals surface area contributed by atoms with Crippen molar-refractivity contribution < 1.29 is 28.2 Å². The Balaban J connectivity index is 1.54. The first-order chi connectivity index (χ1) is 19.5. The predicted molar refractivity (Wildman–Crippen MR) is 158 cm³/mol. The van der Waals surface area contributed by atoms with Gasteiger partial charge < -0.3 is 10.2 Å². The molecule has 0 radical (unpaired) electrons. The normalized spacial score (nSPS) is 11.4. The Kier molecular flexibility index (Phi) is 7.61. The smallest absolute Gasteiger partial charge is 0.353 e. The van der Waals surface area contributed by atoms with E-state index in [-0.39, 0.29) is 28.5 Å². The Morgan fingerprint density at radius 1 is 0.756 bits per heavy atom. The van der Waals surface area contributed by atoms with Crippen LogP contribution < -0.4 is 5.56 Å². The lowest BCUT2D eigenvalue weighted by Gasteiger charge is -2.18. The van der Waals surface area contributed by atoms with E-state index in [1.165, 1.54) is 41.0 Å². The SMILES string of the molecule is O=C(O)c1ccc(CS(=O)(=O)c2ccc(Cn3c(C(=O)O)c(-c4ccccc4)c4cc(Br)ccc4c3=O)cc2)cc1. The number of hydrogen-bond donors (Lipinski definition) is 2. The molecule has 0 amide bonds. The number of rotatable bonds is 8. The quantitative estimate of drug-likeness (QED) is 0.220. The number of aromatic carboxylic acids is 2. The van der Waals surface area contributed by atoms with E-state index in [2.05, 4.69) is 15.9 Å². The number of benzene rings is 4. The maximum Gasteiger partial charge on any atom is 0.353 e. The first-order valence-electron chi connectivity index (χ1n) is 12.3. The zero-order valence-corrected chi connectivity index (χ0v) is 23.7. The van der Waals surface area contributed by atoms with E-state index < -0.39 is 27.3 Å². The van der Waals surface area contributed by atoms with Crippen molar-refractivity contribution >= 4 is 48.5 Å². The fraction of sp³-hybridized carbons (Fsp3) is 0.0645. The monoisotopic (exact) mass is 631 g/mol. The zero-order chi connectivity index (χ0) is 29.3. The van der Waals surface area contributed by atoms with Gasteiger partial charge >= 0.3 is 11.9 Å². The van der Waals surface area contributed by atoms with Gasteiger partial charge in [0.05, 0.1) is 22.8 Å². The van der Waals surface area contributed by atoms with E-state index in [0.717, 1.165) is 0 Å². The van der Waals surface area contributed by atoms with Gasteiger partial charge in [-0.15, -0.1) is 0 Å². The number of pyridine rings is 1. The second-order valence-electron chi connectivity index (χ2n) is 9.38. The molecule has 4 aromatic carbocycles. The molecule has 0 unspecified atom stereocenters. The van der Waals surface area contributed by atoms with Crippen LogP contribution in [-0.2, 0) is 22.1 Å². The van der Waals surface area contributed by atoms with Crippen LogP contribution in [0, 0.1) is 0 Å². The molecule has 5 rings (SSSR count). The molecule has 10 heteroatoms. The van der Waals surface area contributed by atoms with Crippen molar-refractivity contribution in [2.24, 2.45) is 0 Å². The highest BCUT2D eigenvalue weighted by molar-refractivity contribution is 9.10. The van der Waals surface area contributed by atoms with Crippen LogP contribution in [0.5, 0.6) is 0 Å². The standard InChI is InChI=1S/C31H22BrNO7S/c32-23-12-15-25-26(16-23)27(21-4-2-1-3-5-21)28(31(37)38)33(29(25)34)17-19-8-13-24(14-9-19)41(39,40)18-20-6-10-22(11-7-20)30(35)36/h1-16H,17-18H2,(H,35,36)(H,37,38). The van der Waals surface area contributed by atoms with Crippen LogP contribution in [0.2, 0.25) is 0 Å². The number of carbonyl (C=O) groups is 2. The second-order valence-corrected chi connectivity index (χ2v) is 12.3. The van der Waals surface area contributed by atoms with Gasteiger partial charge in [-0.05, 0) is 64.5 Å². The molecule has 1 heterocycles. The van der Waals surface area contributed by atoms with Crippen molar-refractivity contribution in [3.63, 3.8) is 0 Å². The molecule has 8 nitrogen and oxygen atoms in total. The van der Waals surface area contributed by atoms with Crippen molar-refractivity contribution in [2.45, 2.75) is 17.2 Å². The molecule has 0 atom stereocenters. The summed E-state index contributed by atoms with van der Waals surface area (Å²) in [5, 5.41) is 20.2. The number of nitrogens with zero attached hydrogens (tertiary/aromatic N) is 1. The molecule has 0 saturated heterocycles. The minimum absolute atomic E-state index is 0.0442. The van der Waals surface area contributed by atoms with Gasteiger partial charge in [0, 0.05) is 15.4 Å². The van der Waals surface area contributed by atoms with Crippen LogP contribution in [0.15, 0.2) is 111 Å². The number of aromatic nitrogens is 1. The first-order valence-corrected chi connectivity index (χ1v) is 14.8. The van der Waals surface area contributed by atoms with E-state index in [4.69, 9.17) is 5.11 Å². The van der Waals surface area contributed by atoms with E-state index >= 15 is 0 Å². The minimum Gasteiger partial charge on any atom is -0.478 e. The highest BCUT2D eigenvalue weighted by Crippen LogP contribution is 2.33. The molecule has 5 aromatic rings. The predicted octanol–water partition coefficient (Wildman–Crippen LogP) is 5.85. The summed E-state index contributed by atoms with van der Waals surface area (Å²) >= 11 is 3.42. The molecule has 206 valence electrons. The molecular weight excluding hydrogens is 610 g/mol. The van der Waals surface area contributed by atoms with Gasteiger partial charge in [0.25, 0.3) is 5.56 Å². The third-order valence-electron chi connectivity index (χ3n) is 6.68. The fourth-order valence-corrected chi connectivity index (χ4v) is 6.43. The van der Waals surface area contributed by atoms with Crippen molar-refractivity contribution in [3.8, 4) is 11.1 Å². The second kappa shape index (κ2) is 11.1. The number of sulfone groups is 1. The average Bonchev–Trinajstić information content (AvgIpc) is 2.95. The van der Waals surface area contributed by atoms with Gasteiger partial charge in [0.15, 0.2) is 9.84 Å². The summed E-state index contributed by atoms with van der Waals surface area (Å²) in [7, 11) is -3.76. The Hall–Kier alpha value is -4.54. The van der Waals surface area contributed by atoms with Gasteiger partial charge in [-0.3, -0.25) is 9.36 Å². The average molecular weight is 632 g/mol. The molecule has 41 heavy (non-hydrogen) atoms. The molecule has 0 spiro atoms. The van der Waals surface area contributed by atoms with Crippen LogP contribution in [0.4, 0.5) is 0 Å². The number of carboxylic acid groups (broad SMARTS) is 2. The fourth-order valence-electron chi connectivity index (χ4n) is 4.72. The largest absolute Gasteiger partial charge is 0.478 e. The summed E-state index contributed by atoms with van der Waals surface area (Å²) in [6.07, 6.45) is 0. The Bertz CT molecular complexity index is 1970. The van der Waals surface area contributed by atoms with Crippen molar-refractivity contribution in [1.29, 1.82) is 0 Å². The number of hydrogen-bond acceptors (Lipinski definition) is 5. The Labute approximate surface area is 243 Å². The summed E-state index contributed by atoms with van der Waals surface area (Å²) < 4.78 is 27.9. The van der Waals surface area contributed by atoms with Crippen molar-refractivity contribution in [3.05, 3.63) is 134 Å². The van der Waals surface area contributed by atoms with E-state index in [9.17, 15) is 27.9 Å². The van der Waals surface area contributed by atoms with Crippen LogP contribution in [0.25, 0.3) is 21.9 Å². The number of halogens is 1. The van der Waals surface area contributed by atoms with Gasteiger partial charge in [-0.2, -0.15) is 0 Å². The van der Waals surface area contributed by atoms with Gasteiger partial charge in [0.1, 0.15) is 5.69 Å². The molecule has 1 aromatic heterocycles. The van der Waals surface area contributed by atoms with E-state index in [1.54, 1.807) is 54.6 Å². The van der Waals surface area contributed by atoms with Crippen molar-refractivity contribution in [1.82, 2.24) is 4.57 Å². The van der Waals surface area contributed by atoms with Crippen molar-refractivity contribution in [2.75, 3.05) is 0 Å². The zero-order valence-electron chi connectivity index (χ0n) is 21.3. The van der Waals surface area contributed by atoms with Crippen LogP contribution in [0.3, 0.4) is 0 Å². The maximum absolute atomic E-state index is 13.6. The highest BCUT2D eigenvalue weighted by atomic mass is 79.9. The Morgan fingerprint density at radius 3 is 2.00 bits per heavy atom. The molecule has 0 aliphatic carbocycles. The van der Waals surface area contributed by atoms with Gasteiger partial charge in [-0.1, -0.05) is 70.5 Å². The lowest BCUT2D eigenvalue weighted by atomic mass is 9.96.